The highest BCUT2D eigenvalue weighted by atomic mass is 15.4. The van der Waals surface area contributed by atoms with Gasteiger partial charge in [0.05, 0.1) is 0 Å². The molecular formula is C14H16N4. The summed E-state index contributed by atoms with van der Waals surface area (Å²) in [6.07, 6.45) is 2.84. The summed E-state index contributed by atoms with van der Waals surface area (Å²) in [5.41, 5.74) is 3.13. The first-order valence-corrected chi connectivity index (χ1v) is 6.50. The van der Waals surface area contributed by atoms with Gasteiger partial charge in [0.1, 0.15) is 6.33 Å². The fraction of sp³-hybridized carbons (Fsp3) is 0.429. The lowest BCUT2D eigenvalue weighted by atomic mass is 10.0. The monoisotopic (exact) mass is 240 g/mol. The molecule has 3 unspecified atom stereocenters. The van der Waals surface area contributed by atoms with Crippen LogP contribution in [0.5, 0.6) is 0 Å². The molecule has 3 atom stereocenters. The Labute approximate surface area is 106 Å². The number of benzene rings is 1. The van der Waals surface area contributed by atoms with Crippen LogP contribution in [-0.2, 0) is 13.5 Å². The molecule has 0 amide bonds. The second kappa shape index (κ2) is 3.57. The Morgan fingerprint density at radius 1 is 1.39 bits per heavy atom. The van der Waals surface area contributed by atoms with Crippen molar-refractivity contribution in [1.29, 1.82) is 0 Å². The van der Waals surface area contributed by atoms with Crippen LogP contribution in [0.4, 0.5) is 5.95 Å². The van der Waals surface area contributed by atoms with Gasteiger partial charge in [-0.1, -0.05) is 24.3 Å². The lowest BCUT2D eigenvalue weighted by molar-refractivity contribution is 0.703. The van der Waals surface area contributed by atoms with Gasteiger partial charge in [0.15, 0.2) is 0 Å². The van der Waals surface area contributed by atoms with E-state index < -0.39 is 0 Å². The van der Waals surface area contributed by atoms with E-state index in [4.69, 9.17) is 0 Å². The van der Waals surface area contributed by atoms with Crippen molar-refractivity contribution < 1.29 is 0 Å². The van der Waals surface area contributed by atoms with Crippen molar-refractivity contribution in [3.63, 3.8) is 0 Å². The van der Waals surface area contributed by atoms with Crippen LogP contribution in [0.1, 0.15) is 17.0 Å². The van der Waals surface area contributed by atoms with E-state index in [-0.39, 0.29) is 0 Å². The van der Waals surface area contributed by atoms with Crippen LogP contribution in [0.3, 0.4) is 0 Å². The fourth-order valence-electron chi connectivity index (χ4n) is 3.43. The van der Waals surface area contributed by atoms with Gasteiger partial charge in [0.25, 0.3) is 0 Å². The Hall–Kier alpha value is -1.84. The summed E-state index contributed by atoms with van der Waals surface area (Å²) in [6, 6.07) is 8.88. The molecule has 0 bridgehead atoms. The third-order valence-corrected chi connectivity index (χ3v) is 4.41. The Kier molecular flexibility index (Phi) is 2.01. The van der Waals surface area contributed by atoms with Crippen molar-refractivity contribution in [1.82, 2.24) is 14.8 Å². The number of nitrogens with zero attached hydrogens (tertiary/aromatic N) is 3. The van der Waals surface area contributed by atoms with Gasteiger partial charge in [-0.3, -0.25) is 0 Å². The van der Waals surface area contributed by atoms with E-state index in [1.54, 1.807) is 22.1 Å². The van der Waals surface area contributed by atoms with Gasteiger partial charge in [-0.05, 0) is 35.3 Å². The van der Waals surface area contributed by atoms with Gasteiger partial charge in [0.2, 0.25) is 5.95 Å². The molecule has 18 heavy (non-hydrogen) atoms. The first kappa shape index (κ1) is 10.1. The van der Waals surface area contributed by atoms with E-state index in [0.717, 1.165) is 30.2 Å². The number of aromatic nitrogens is 3. The first-order valence-electron chi connectivity index (χ1n) is 6.50. The predicted octanol–water partition coefficient (Wildman–Crippen LogP) is 1.81. The summed E-state index contributed by atoms with van der Waals surface area (Å²) in [4.78, 5) is 4.19. The molecule has 1 N–H and O–H groups in total. The summed E-state index contributed by atoms with van der Waals surface area (Å²) in [5, 5.41) is 7.47. The third kappa shape index (κ3) is 1.38. The minimum Gasteiger partial charge on any atom is -0.354 e. The van der Waals surface area contributed by atoms with Crippen LogP contribution in [0.15, 0.2) is 30.6 Å². The van der Waals surface area contributed by atoms with Crippen molar-refractivity contribution in [2.24, 2.45) is 18.9 Å². The summed E-state index contributed by atoms with van der Waals surface area (Å²) in [5.74, 6) is 3.27. The number of anilines is 1. The van der Waals surface area contributed by atoms with Crippen LogP contribution in [0, 0.1) is 11.8 Å². The molecule has 92 valence electrons. The van der Waals surface area contributed by atoms with E-state index >= 15 is 0 Å². The van der Waals surface area contributed by atoms with Gasteiger partial charge in [-0.15, -0.1) is 0 Å². The number of rotatable bonds is 3. The van der Waals surface area contributed by atoms with E-state index in [0.29, 0.717) is 0 Å². The second-order valence-corrected chi connectivity index (χ2v) is 5.34. The highest BCUT2D eigenvalue weighted by Crippen LogP contribution is 2.61. The molecule has 1 heterocycles. The minimum absolute atomic E-state index is 0.775. The van der Waals surface area contributed by atoms with Crippen LogP contribution in [0.2, 0.25) is 0 Å². The molecule has 4 nitrogen and oxygen atoms in total. The summed E-state index contributed by atoms with van der Waals surface area (Å²) in [7, 11) is 1.92. The standard InChI is InChI=1S/C14H16N4/c1-18-14(16-8-17-18)15-7-12-11-6-9-4-2-3-5-10(9)13(11)12/h2-5,8,11-13H,6-7H2,1H3,(H,15,16,17). The maximum atomic E-state index is 4.19. The Bertz CT molecular complexity index is 589. The molecule has 0 aliphatic heterocycles. The summed E-state index contributed by atoms with van der Waals surface area (Å²) in [6.45, 7) is 1.01. The molecule has 2 aliphatic rings. The topological polar surface area (TPSA) is 42.7 Å². The highest BCUT2D eigenvalue weighted by molar-refractivity contribution is 5.44. The minimum atomic E-state index is 0.775. The first-order chi connectivity index (χ1) is 8.84. The Morgan fingerprint density at radius 2 is 2.28 bits per heavy atom. The lowest BCUT2D eigenvalue weighted by Gasteiger charge is -2.08. The van der Waals surface area contributed by atoms with E-state index in [1.807, 2.05) is 7.05 Å². The maximum Gasteiger partial charge on any atom is 0.220 e. The molecule has 0 saturated heterocycles. The van der Waals surface area contributed by atoms with E-state index in [2.05, 4.69) is 39.7 Å². The molecule has 1 aromatic heterocycles. The highest BCUT2D eigenvalue weighted by Gasteiger charge is 2.54. The SMILES string of the molecule is Cn1ncnc1NCC1C2Cc3ccccc3C12. The number of fused-ring (bicyclic) bond motifs is 3. The van der Waals surface area contributed by atoms with Crippen molar-refractivity contribution in [2.75, 3.05) is 11.9 Å². The molecule has 4 heteroatoms. The quantitative estimate of drug-likeness (QED) is 0.889. The number of nitrogens with one attached hydrogen (secondary N) is 1. The molecule has 0 radical (unpaired) electrons. The zero-order valence-electron chi connectivity index (χ0n) is 10.4. The number of hydrogen-bond donors (Lipinski definition) is 1. The smallest absolute Gasteiger partial charge is 0.220 e. The van der Waals surface area contributed by atoms with Crippen LogP contribution in [-0.4, -0.2) is 21.3 Å². The van der Waals surface area contributed by atoms with Gasteiger partial charge < -0.3 is 5.32 Å². The molecule has 4 rings (SSSR count). The summed E-state index contributed by atoms with van der Waals surface area (Å²) < 4.78 is 1.78. The zero-order valence-corrected chi connectivity index (χ0v) is 10.4. The van der Waals surface area contributed by atoms with E-state index in [1.165, 1.54) is 6.42 Å². The average Bonchev–Trinajstić information content (AvgIpc) is 2.73. The van der Waals surface area contributed by atoms with Crippen LogP contribution < -0.4 is 5.32 Å². The van der Waals surface area contributed by atoms with Crippen molar-refractivity contribution >= 4 is 5.95 Å². The van der Waals surface area contributed by atoms with Crippen molar-refractivity contribution in [3.8, 4) is 0 Å². The van der Waals surface area contributed by atoms with Crippen molar-refractivity contribution in [2.45, 2.75) is 12.3 Å². The van der Waals surface area contributed by atoms with Gasteiger partial charge in [0, 0.05) is 13.6 Å². The van der Waals surface area contributed by atoms with Crippen LogP contribution in [0.25, 0.3) is 0 Å². The van der Waals surface area contributed by atoms with Gasteiger partial charge in [-0.25, -0.2) is 4.68 Å². The zero-order chi connectivity index (χ0) is 12.1. The van der Waals surface area contributed by atoms with Gasteiger partial charge >= 0.3 is 0 Å². The third-order valence-electron chi connectivity index (χ3n) is 4.41. The largest absolute Gasteiger partial charge is 0.354 e. The van der Waals surface area contributed by atoms with Crippen LogP contribution >= 0.6 is 0 Å². The summed E-state index contributed by atoms with van der Waals surface area (Å²) >= 11 is 0. The molecular weight excluding hydrogens is 224 g/mol. The molecule has 0 spiro atoms. The predicted molar refractivity (Wildman–Crippen MR) is 69.4 cm³/mol. The molecule has 1 fully saturated rings. The molecule has 2 aromatic rings. The molecule has 1 saturated carbocycles. The van der Waals surface area contributed by atoms with Gasteiger partial charge in [-0.2, -0.15) is 10.1 Å². The van der Waals surface area contributed by atoms with E-state index in [9.17, 15) is 0 Å². The Morgan fingerprint density at radius 3 is 3.11 bits per heavy atom. The lowest BCUT2D eigenvalue weighted by Crippen LogP contribution is -2.11. The average molecular weight is 240 g/mol. The maximum absolute atomic E-state index is 4.19. The van der Waals surface area contributed by atoms with Crippen molar-refractivity contribution in [3.05, 3.63) is 41.7 Å². The second-order valence-electron chi connectivity index (χ2n) is 5.34. The molecule has 1 aromatic carbocycles. The normalized spacial score (nSPS) is 27.7. The number of hydrogen-bond acceptors (Lipinski definition) is 3. The fourth-order valence-corrected chi connectivity index (χ4v) is 3.43. The Balaban J connectivity index is 1.45. The number of aryl methyl sites for hydroxylation is 1. The molecule has 2 aliphatic carbocycles.